The number of rotatable bonds is 4. The smallest absolute Gasteiger partial charge is 0.267 e. The molecule has 0 fully saturated rings. The lowest BCUT2D eigenvalue weighted by molar-refractivity contribution is -0.112. The van der Waals surface area contributed by atoms with Crippen LogP contribution in [0.3, 0.4) is 0 Å². The number of amides is 1. The number of carbonyl (C=O) groups is 1. The maximum atomic E-state index is 12.2. The van der Waals surface area contributed by atoms with E-state index in [0.717, 1.165) is 10.9 Å². The van der Waals surface area contributed by atoms with Gasteiger partial charge in [-0.1, -0.05) is 17.3 Å². The molecular formula is C17H14N4O3. The quantitative estimate of drug-likeness (QED) is 0.567. The second-order valence-electron chi connectivity index (χ2n) is 5.07. The van der Waals surface area contributed by atoms with Crippen LogP contribution in [0, 0.1) is 18.3 Å². The lowest BCUT2D eigenvalue weighted by atomic mass is 10.1. The summed E-state index contributed by atoms with van der Waals surface area (Å²) in [7, 11) is 1.58. The number of benzene rings is 1. The Balaban J connectivity index is 1.93. The van der Waals surface area contributed by atoms with E-state index in [9.17, 15) is 10.1 Å². The van der Waals surface area contributed by atoms with E-state index in [2.05, 4.69) is 15.5 Å². The predicted octanol–water partition coefficient (Wildman–Crippen LogP) is 3.02. The Hall–Kier alpha value is -3.53. The molecule has 7 nitrogen and oxygen atoms in total. The van der Waals surface area contributed by atoms with Gasteiger partial charge in [0.1, 0.15) is 23.2 Å². The van der Waals surface area contributed by atoms with E-state index in [-0.39, 0.29) is 11.4 Å². The molecule has 0 saturated heterocycles. The molecule has 0 atom stereocenters. The molecule has 0 bridgehead atoms. The summed E-state index contributed by atoms with van der Waals surface area (Å²) in [5.41, 5.74) is 1.47. The summed E-state index contributed by atoms with van der Waals surface area (Å²) in [5.74, 6) is 0.965. The van der Waals surface area contributed by atoms with Gasteiger partial charge in [-0.05, 0) is 19.1 Å². The van der Waals surface area contributed by atoms with Gasteiger partial charge in [-0.25, -0.2) is 0 Å². The minimum atomic E-state index is -0.553. The number of nitrogens with one attached hydrogen (secondary N) is 2. The predicted molar refractivity (Wildman–Crippen MR) is 88.3 cm³/mol. The van der Waals surface area contributed by atoms with Crippen molar-refractivity contribution in [2.24, 2.45) is 0 Å². The van der Waals surface area contributed by atoms with Crippen LogP contribution in [0.25, 0.3) is 17.0 Å². The van der Waals surface area contributed by atoms with Gasteiger partial charge in [0, 0.05) is 23.2 Å². The highest BCUT2D eigenvalue weighted by atomic mass is 16.5. The first kappa shape index (κ1) is 15.4. The van der Waals surface area contributed by atoms with Gasteiger partial charge in [0.2, 0.25) is 0 Å². The van der Waals surface area contributed by atoms with Crippen molar-refractivity contribution in [3.05, 3.63) is 47.4 Å². The van der Waals surface area contributed by atoms with Crippen LogP contribution in [0.5, 0.6) is 5.75 Å². The summed E-state index contributed by atoms with van der Waals surface area (Å²) in [4.78, 5) is 15.3. The van der Waals surface area contributed by atoms with Crippen molar-refractivity contribution in [2.45, 2.75) is 6.92 Å². The lowest BCUT2D eigenvalue weighted by Crippen LogP contribution is -2.13. The largest absolute Gasteiger partial charge is 0.495 e. The Labute approximate surface area is 137 Å². The molecule has 1 aromatic carbocycles. The molecule has 0 radical (unpaired) electrons. The highest BCUT2D eigenvalue weighted by Crippen LogP contribution is 2.28. The molecule has 24 heavy (non-hydrogen) atoms. The minimum Gasteiger partial charge on any atom is -0.495 e. The van der Waals surface area contributed by atoms with Gasteiger partial charge in [0.05, 0.1) is 12.6 Å². The number of anilines is 1. The highest BCUT2D eigenvalue weighted by Gasteiger charge is 2.13. The number of methoxy groups -OCH3 is 1. The van der Waals surface area contributed by atoms with E-state index in [0.29, 0.717) is 17.1 Å². The third-order valence-electron chi connectivity index (χ3n) is 3.46. The van der Waals surface area contributed by atoms with Crippen LogP contribution in [0.2, 0.25) is 0 Å². The fourth-order valence-electron chi connectivity index (χ4n) is 2.35. The number of nitrogens with zero attached hydrogens (tertiary/aromatic N) is 2. The van der Waals surface area contributed by atoms with Gasteiger partial charge in [-0.15, -0.1) is 0 Å². The molecule has 2 heterocycles. The molecule has 7 heteroatoms. The molecule has 3 aromatic rings. The van der Waals surface area contributed by atoms with E-state index < -0.39 is 5.91 Å². The number of aromatic amines is 1. The molecular weight excluding hydrogens is 308 g/mol. The zero-order valence-electron chi connectivity index (χ0n) is 13.1. The van der Waals surface area contributed by atoms with E-state index in [4.69, 9.17) is 9.26 Å². The van der Waals surface area contributed by atoms with Crippen LogP contribution in [0.15, 0.2) is 40.6 Å². The first-order valence-electron chi connectivity index (χ1n) is 7.13. The molecule has 2 aromatic heterocycles. The zero-order valence-corrected chi connectivity index (χ0v) is 13.1. The average molecular weight is 322 g/mol. The molecule has 0 spiro atoms. The molecule has 0 aliphatic carbocycles. The Morgan fingerprint density at radius 3 is 3.00 bits per heavy atom. The minimum absolute atomic E-state index is 0.0422. The fourth-order valence-corrected chi connectivity index (χ4v) is 2.35. The molecule has 1 amide bonds. The second-order valence-corrected chi connectivity index (χ2v) is 5.07. The number of aryl methyl sites for hydroxylation is 1. The number of fused-ring (bicyclic) bond motifs is 1. The van der Waals surface area contributed by atoms with Crippen molar-refractivity contribution < 1.29 is 14.1 Å². The van der Waals surface area contributed by atoms with Crippen LogP contribution in [0.1, 0.15) is 11.3 Å². The standard InChI is InChI=1S/C17H14N4O3/c1-10-6-15(21-24-10)20-17(22)11(8-18)7-12-9-19-16-13(12)4-3-5-14(16)23-2/h3-7,9,19H,1-2H3,(H,20,21,22)/b11-7+. The van der Waals surface area contributed by atoms with Gasteiger partial charge >= 0.3 is 0 Å². The van der Waals surface area contributed by atoms with Gasteiger partial charge in [0.15, 0.2) is 5.82 Å². The van der Waals surface area contributed by atoms with Gasteiger partial charge < -0.3 is 19.6 Å². The molecule has 3 rings (SSSR count). The third kappa shape index (κ3) is 2.85. The zero-order chi connectivity index (χ0) is 17.1. The number of aromatic nitrogens is 2. The molecule has 0 saturated carbocycles. The summed E-state index contributed by atoms with van der Waals surface area (Å²) in [6, 6.07) is 9.04. The highest BCUT2D eigenvalue weighted by molar-refractivity contribution is 6.10. The molecule has 0 unspecified atom stereocenters. The van der Waals surface area contributed by atoms with Crippen molar-refractivity contribution in [3.63, 3.8) is 0 Å². The number of hydrogen-bond acceptors (Lipinski definition) is 5. The van der Waals surface area contributed by atoms with Crippen LogP contribution < -0.4 is 10.1 Å². The summed E-state index contributed by atoms with van der Waals surface area (Å²) < 4.78 is 10.2. The van der Waals surface area contributed by atoms with E-state index in [1.54, 1.807) is 26.3 Å². The number of hydrogen-bond donors (Lipinski definition) is 2. The van der Waals surface area contributed by atoms with E-state index >= 15 is 0 Å². The summed E-state index contributed by atoms with van der Waals surface area (Å²) in [5, 5.41) is 16.4. The number of carbonyl (C=O) groups excluding carboxylic acids is 1. The number of H-pyrrole nitrogens is 1. The fraction of sp³-hybridized carbons (Fsp3) is 0.118. The SMILES string of the molecule is COc1cccc2c(/C=C(\C#N)C(=O)Nc3cc(C)on3)c[nH]c12. The Morgan fingerprint density at radius 2 is 2.33 bits per heavy atom. The Kier molecular flexibility index (Phi) is 4.03. The average Bonchev–Trinajstić information content (AvgIpc) is 3.18. The van der Waals surface area contributed by atoms with Crippen molar-refractivity contribution in [1.29, 1.82) is 5.26 Å². The van der Waals surface area contributed by atoms with Gasteiger partial charge in [0.25, 0.3) is 5.91 Å². The van der Waals surface area contributed by atoms with E-state index in [1.165, 1.54) is 6.08 Å². The molecule has 120 valence electrons. The van der Waals surface area contributed by atoms with Crippen molar-refractivity contribution in [3.8, 4) is 11.8 Å². The van der Waals surface area contributed by atoms with Crippen LogP contribution in [-0.4, -0.2) is 23.2 Å². The van der Waals surface area contributed by atoms with Crippen molar-refractivity contribution in [1.82, 2.24) is 10.1 Å². The first-order chi connectivity index (χ1) is 11.6. The van der Waals surface area contributed by atoms with Crippen molar-refractivity contribution >= 4 is 28.7 Å². The third-order valence-corrected chi connectivity index (χ3v) is 3.46. The summed E-state index contributed by atoms with van der Waals surface area (Å²) >= 11 is 0. The molecule has 0 aliphatic heterocycles. The maximum absolute atomic E-state index is 12.2. The van der Waals surface area contributed by atoms with Crippen LogP contribution >= 0.6 is 0 Å². The normalized spacial score (nSPS) is 11.3. The summed E-state index contributed by atoms with van der Waals surface area (Å²) in [6.07, 6.45) is 3.23. The Morgan fingerprint density at radius 1 is 1.50 bits per heavy atom. The topological polar surface area (TPSA) is 104 Å². The van der Waals surface area contributed by atoms with Gasteiger partial charge in [-0.3, -0.25) is 4.79 Å². The number of ether oxygens (including phenoxy) is 1. The molecule has 2 N–H and O–H groups in total. The molecule has 0 aliphatic rings. The van der Waals surface area contributed by atoms with Crippen LogP contribution in [-0.2, 0) is 4.79 Å². The number of para-hydroxylation sites is 1. The van der Waals surface area contributed by atoms with Crippen LogP contribution in [0.4, 0.5) is 5.82 Å². The second kappa shape index (κ2) is 6.30. The van der Waals surface area contributed by atoms with Gasteiger partial charge in [-0.2, -0.15) is 5.26 Å². The monoisotopic (exact) mass is 322 g/mol. The van der Waals surface area contributed by atoms with Crippen molar-refractivity contribution in [2.75, 3.05) is 12.4 Å². The first-order valence-corrected chi connectivity index (χ1v) is 7.13. The number of nitriles is 1. The maximum Gasteiger partial charge on any atom is 0.267 e. The summed E-state index contributed by atoms with van der Waals surface area (Å²) in [6.45, 7) is 1.71. The lowest BCUT2D eigenvalue weighted by Gasteiger charge is -2.01. The van der Waals surface area contributed by atoms with E-state index in [1.807, 2.05) is 24.3 Å². The Bertz CT molecular complexity index is 975.